The van der Waals surface area contributed by atoms with Gasteiger partial charge in [0.1, 0.15) is 0 Å². The summed E-state index contributed by atoms with van der Waals surface area (Å²) in [6, 6.07) is 62.9. The Labute approximate surface area is 287 Å². The van der Waals surface area contributed by atoms with Crippen molar-refractivity contribution in [3.05, 3.63) is 170 Å². The van der Waals surface area contributed by atoms with Gasteiger partial charge in [0.05, 0.1) is 27.8 Å². The molecule has 1 aliphatic carbocycles. The standard InChI is InChI=1S/C48H28N2/c1-2-16-32-29(13-1)14-12-26-41(32)50-43-25-10-8-22-39(43)46-47(50)37-20-6-5-19-36(37)45-38-21-7-9-24-42(38)49(48(45)46)31-27-30-15-11-23-35-33-17-3-4-18-34(33)40(28-31)44(30)35/h1-28H. The normalized spacial score (nSPS) is 12.4. The van der Waals surface area contributed by atoms with Crippen LogP contribution in [0.5, 0.6) is 0 Å². The second kappa shape index (κ2) is 9.49. The monoisotopic (exact) mass is 632 g/mol. The van der Waals surface area contributed by atoms with Crippen LogP contribution in [0.1, 0.15) is 0 Å². The zero-order valence-electron chi connectivity index (χ0n) is 27.1. The summed E-state index contributed by atoms with van der Waals surface area (Å²) >= 11 is 0. The van der Waals surface area contributed by atoms with Gasteiger partial charge in [-0.05, 0) is 74.1 Å². The van der Waals surface area contributed by atoms with E-state index in [1.165, 1.54) is 110 Å². The zero-order valence-corrected chi connectivity index (χ0v) is 27.1. The second-order valence-corrected chi connectivity index (χ2v) is 13.6. The Bertz CT molecular complexity index is 3260. The molecule has 11 aromatic rings. The lowest BCUT2D eigenvalue weighted by Gasteiger charge is -2.15. The molecule has 2 nitrogen and oxygen atoms in total. The molecule has 0 N–H and O–H groups in total. The summed E-state index contributed by atoms with van der Waals surface area (Å²) in [5, 5.41) is 12.7. The molecule has 0 aliphatic heterocycles. The van der Waals surface area contributed by atoms with Crippen LogP contribution in [0, 0.1) is 0 Å². The Morgan fingerprint density at radius 2 is 0.860 bits per heavy atom. The predicted molar refractivity (Wildman–Crippen MR) is 212 cm³/mol. The number of para-hydroxylation sites is 2. The molecule has 0 unspecified atom stereocenters. The number of hydrogen-bond acceptors (Lipinski definition) is 0. The molecular formula is C48H28N2. The van der Waals surface area contributed by atoms with E-state index in [0.717, 1.165) is 0 Å². The summed E-state index contributed by atoms with van der Waals surface area (Å²) in [4.78, 5) is 0. The van der Waals surface area contributed by atoms with Crippen LogP contribution in [-0.4, -0.2) is 9.13 Å². The molecule has 0 saturated heterocycles. The van der Waals surface area contributed by atoms with E-state index in [9.17, 15) is 0 Å². The average Bonchev–Trinajstić information content (AvgIpc) is 3.82. The Morgan fingerprint density at radius 1 is 0.300 bits per heavy atom. The maximum atomic E-state index is 2.56. The van der Waals surface area contributed by atoms with Crippen molar-refractivity contribution in [3.8, 4) is 33.6 Å². The number of hydrogen-bond donors (Lipinski definition) is 0. The van der Waals surface area contributed by atoms with Crippen molar-refractivity contribution in [2.24, 2.45) is 0 Å². The zero-order chi connectivity index (χ0) is 32.5. The molecule has 2 aromatic heterocycles. The summed E-state index contributed by atoms with van der Waals surface area (Å²) in [5.74, 6) is 0. The van der Waals surface area contributed by atoms with Gasteiger partial charge in [0.15, 0.2) is 0 Å². The number of fused-ring (bicyclic) bond motifs is 14. The van der Waals surface area contributed by atoms with E-state index in [4.69, 9.17) is 0 Å². The van der Waals surface area contributed by atoms with Crippen molar-refractivity contribution in [1.29, 1.82) is 0 Å². The number of rotatable bonds is 2. The maximum absolute atomic E-state index is 2.56. The van der Waals surface area contributed by atoms with Crippen molar-refractivity contribution in [1.82, 2.24) is 9.13 Å². The third-order valence-electron chi connectivity index (χ3n) is 11.2. The Kier molecular flexibility index (Phi) is 5.00. The summed E-state index contributed by atoms with van der Waals surface area (Å²) in [6.45, 7) is 0. The van der Waals surface area contributed by atoms with Crippen LogP contribution in [-0.2, 0) is 0 Å². The van der Waals surface area contributed by atoms with Crippen molar-refractivity contribution < 1.29 is 0 Å². The molecule has 0 bridgehead atoms. The van der Waals surface area contributed by atoms with E-state index in [1.54, 1.807) is 0 Å². The van der Waals surface area contributed by atoms with Gasteiger partial charge in [-0.25, -0.2) is 0 Å². The quantitative estimate of drug-likeness (QED) is 0.179. The van der Waals surface area contributed by atoms with Crippen LogP contribution in [0.4, 0.5) is 0 Å². The van der Waals surface area contributed by atoms with Crippen molar-refractivity contribution in [3.63, 3.8) is 0 Å². The molecule has 9 aromatic carbocycles. The Morgan fingerprint density at radius 3 is 1.68 bits per heavy atom. The van der Waals surface area contributed by atoms with Crippen LogP contribution in [0.25, 0.3) is 110 Å². The van der Waals surface area contributed by atoms with E-state index in [-0.39, 0.29) is 0 Å². The molecular weight excluding hydrogens is 605 g/mol. The van der Waals surface area contributed by atoms with E-state index in [1.807, 2.05) is 0 Å². The SMILES string of the molecule is c1ccc2c(c1)-c1cccc3cc(-n4c5ccccc5c5c6ccccc6c6c(c7ccccc7n6-c6cccc7ccccc67)c54)cc-2c13. The molecule has 2 heteroatoms. The Balaban J connectivity index is 1.34. The fraction of sp³-hybridized carbons (Fsp3) is 0. The van der Waals surface area contributed by atoms with Crippen molar-refractivity contribution in [2.45, 2.75) is 0 Å². The van der Waals surface area contributed by atoms with Gasteiger partial charge in [-0.15, -0.1) is 0 Å². The highest BCUT2D eigenvalue weighted by Crippen LogP contribution is 2.51. The van der Waals surface area contributed by atoms with Crippen LogP contribution in [0.15, 0.2) is 170 Å². The summed E-state index contributed by atoms with van der Waals surface area (Å²) in [7, 11) is 0. The fourth-order valence-corrected chi connectivity index (χ4v) is 9.24. The lowest BCUT2D eigenvalue weighted by molar-refractivity contribution is 1.19. The number of benzene rings is 9. The maximum Gasteiger partial charge on any atom is 0.0647 e. The van der Waals surface area contributed by atoms with Crippen LogP contribution >= 0.6 is 0 Å². The summed E-state index contributed by atoms with van der Waals surface area (Å²) in [5.41, 5.74) is 12.6. The molecule has 0 saturated carbocycles. The molecule has 0 radical (unpaired) electrons. The minimum atomic E-state index is 1.19. The first kappa shape index (κ1) is 26.3. The van der Waals surface area contributed by atoms with Gasteiger partial charge in [-0.1, -0.05) is 140 Å². The highest BCUT2D eigenvalue weighted by Gasteiger charge is 2.27. The molecule has 50 heavy (non-hydrogen) atoms. The highest BCUT2D eigenvalue weighted by atomic mass is 15.0. The smallest absolute Gasteiger partial charge is 0.0647 e. The van der Waals surface area contributed by atoms with E-state index >= 15 is 0 Å². The molecule has 2 heterocycles. The van der Waals surface area contributed by atoms with E-state index < -0.39 is 0 Å². The van der Waals surface area contributed by atoms with E-state index in [0.29, 0.717) is 0 Å². The predicted octanol–water partition coefficient (Wildman–Crippen LogP) is 13.0. The van der Waals surface area contributed by atoms with Gasteiger partial charge >= 0.3 is 0 Å². The third-order valence-corrected chi connectivity index (χ3v) is 11.2. The molecule has 1 aliphatic rings. The topological polar surface area (TPSA) is 9.86 Å². The minimum Gasteiger partial charge on any atom is -0.308 e. The first-order chi connectivity index (χ1) is 24.8. The van der Waals surface area contributed by atoms with Gasteiger partial charge in [0.2, 0.25) is 0 Å². The van der Waals surface area contributed by atoms with Gasteiger partial charge < -0.3 is 9.13 Å². The summed E-state index contributed by atoms with van der Waals surface area (Å²) < 4.78 is 5.09. The first-order valence-electron chi connectivity index (χ1n) is 17.4. The molecule has 0 fully saturated rings. The molecule has 0 atom stereocenters. The molecule has 0 spiro atoms. The molecule has 230 valence electrons. The number of aromatic nitrogens is 2. The second-order valence-electron chi connectivity index (χ2n) is 13.6. The fourth-order valence-electron chi connectivity index (χ4n) is 9.24. The van der Waals surface area contributed by atoms with Gasteiger partial charge in [-0.2, -0.15) is 0 Å². The van der Waals surface area contributed by atoms with Gasteiger partial charge in [-0.3, -0.25) is 0 Å². The molecule has 12 rings (SSSR count). The third kappa shape index (κ3) is 3.23. The summed E-state index contributed by atoms with van der Waals surface area (Å²) in [6.07, 6.45) is 0. The van der Waals surface area contributed by atoms with Gasteiger partial charge in [0.25, 0.3) is 0 Å². The van der Waals surface area contributed by atoms with E-state index in [2.05, 4.69) is 179 Å². The minimum absolute atomic E-state index is 1.19. The van der Waals surface area contributed by atoms with Crippen molar-refractivity contribution >= 4 is 75.9 Å². The Hall–Kier alpha value is -6.64. The van der Waals surface area contributed by atoms with Crippen molar-refractivity contribution in [2.75, 3.05) is 0 Å². The largest absolute Gasteiger partial charge is 0.308 e. The first-order valence-corrected chi connectivity index (χ1v) is 17.4. The van der Waals surface area contributed by atoms with Crippen LogP contribution < -0.4 is 0 Å². The number of nitrogens with zero attached hydrogens (tertiary/aromatic N) is 2. The van der Waals surface area contributed by atoms with Crippen LogP contribution in [0.2, 0.25) is 0 Å². The highest BCUT2D eigenvalue weighted by molar-refractivity contribution is 6.37. The molecule has 0 amide bonds. The van der Waals surface area contributed by atoms with Gasteiger partial charge in [0, 0.05) is 38.0 Å². The lowest BCUT2D eigenvalue weighted by Crippen LogP contribution is -1.97. The lowest BCUT2D eigenvalue weighted by atomic mass is 9.99. The average molecular weight is 633 g/mol. The van der Waals surface area contributed by atoms with Crippen LogP contribution in [0.3, 0.4) is 0 Å².